The second-order valence-corrected chi connectivity index (χ2v) is 3.73. The molecule has 1 aromatic rings. The molecule has 14 heavy (non-hydrogen) atoms. The van der Waals surface area contributed by atoms with Crippen LogP contribution in [0.5, 0.6) is 0 Å². The average molecular weight is 191 g/mol. The number of carbonyl (C=O) groups is 1. The van der Waals surface area contributed by atoms with E-state index in [1.165, 1.54) is 16.8 Å². The van der Waals surface area contributed by atoms with E-state index in [2.05, 4.69) is 30.0 Å². The van der Waals surface area contributed by atoms with Gasteiger partial charge < -0.3 is 9.69 Å². The third kappa shape index (κ3) is 2.59. The number of hydrogen-bond acceptors (Lipinski definition) is 2. The first-order chi connectivity index (χ1) is 6.65. The van der Waals surface area contributed by atoms with Gasteiger partial charge in [0.15, 0.2) is 0 Å². The van der Waals surface area contributed by atoms with Crippen LogP contribution in [-0.4, -0.2) is 20.4 Å². The molecule has 0 saturated carbocycles. The van der Waals surface area contributed by atoms with Crippen molar-refractivity contribution < 1.29 is 4.79 Å². The molecule has 0 heterocycles. The summed E-state index contributed by atoms with van der Waals surface area (Å²) in [6, 6.07) is 6.35. The molecule has 76 valence electrons. The molecule has 0 aliphatic heterocycles. The highest BCUT2D eigenvalue weighted by Crippen LogP contribution is 2.21. The normalized spacial score (nSPS) is 9.93. The van der Waals surface area contributed by atoms with E-state index in [9.17, 15) is 4.79 Å². The monoisotopic (exact) mass is 191 g/mol. The van der Waals surface area contributed by atoms with Crippen molar-refractivity contribution >= 4 is 12.0 Å². The third-order valence-corrected chi connectivity index (χ3v) is 2.25. The van der Waals surface area contributed by atoms with Gasteiger partial charge in [-0.25, -0.2) is 0 Å². The van der Waals surface area contributed by atoms with Crippen LogP contribution in [0, 0.1) is 6.92 Å². The Bertz CT molecular complexity index is 318. The Morgan fingerprint density at radius 2 is 2.07 bits per heavy atom. The molecule has 1 aromatic carbocycles. The van der Waals surface area contributed by atoms with Gasteiger partial charge >= 0.3 is 0 Å². The zero-order valence-electron chi connectivity index (χ0n) is 9.08. The minimum atomic E-state index is 0.601. The highest BCUT2D eigenvalue weighted by atomic mass is 16.1. The molecule has 0 amide bonds. The van der Waals surface area contributed by atoms with Crippen molar-refractivity contribution in [2.75, 3.05) is 19.0 Å². The molecule has 1 rings (SSSR count). The van der Waals surface area contributed by atoms with Crippen LogP contribution in [0.4, 0.5) is 5.69 Å². The Hall–Kier alpha value is -1.31. The Kier molecular flexibility index (Phi) is 3.69. The van der Waals surface area contributed by atoms with Crippen molar-refractivity contribution in [1.82, 2.24) is 0 Å². The van der Waals surface area contributed by atoms with Crippen LogP contribution in [0.1, 0.15) is 17.5 Å². The van der Waals surface area contributed by atoms with E-state index in [1.54, 1.807) is 0 Å². The Morgan fingerprint density at radius 1 is 1.36 bits per heavy atom. The molecule has 2 heteroatoms. The van der Waals surface area contributed by atoms with Crippen LogP contribution in [0.2, 0.25) is 0 Å². The van der Waals surface area contributed by atoms with Gasteiger partial charge in [-0.15, -0.1) is 0 Å². The number of benzene rings is 1. The standard InChI is InChI=1S/C12H17NO/c1-10-6-7-11(5-4-8-14)12(9-10)13(2)3/h6-9H,4-5H2,1-3H3. The summed E-state index contributed by atoms with van der Waals surface area (Å²) < 4.78 is 0. The molecule has 0 spiro atoms. The smallest absolute Gasteiger partial charge is 0.120 e. The average Bonchev–Trinajstić information content (AvgIpc) is 2.15. The van der Waals surface area contributed by atoms with Crippen LogP contribution < -0.4 is 4.90 Å². The number of aldehydes is 1. The van der Waals surface area contributed by atoms with Gasteiger partial charge in [0.2, 0.25) is 0 Å². The largest absolute Gasteiger partial charge is 0.377 e. The second kappa shape index (κ2) is 4.80. The molecule has 0 atom stereocenters. The van der Waals surface area contributed by atoms with Crippen LogP contribution >= 0.6 is 0 Å². The maximum Gasteiger partial charge on any atom is 0.120 e. The summed E-state index contributed by atoms with van der Waals surface area (Å²) in [4.78, 5) is 12.4. The van der Waals surface area contributed by atoms with Gasteiger partial charge in [-0.05, 0) is 30.5 Å². The summed E-state index contributed by atoms with van der Waals surface area (Å²) in [5.74, 6) is 0. The Balaban J connectivity index is 2.95. The van der Waals surface area contributed by atoms with E-state index in [0.717, 1.165) is 12.7 Å². The highest BCUT2D eigenvalue weighted by molar-refractivity contribution is 5.57. The van der Waals surface area contributed by atoms with Crippen molar-refractivity contribution in [1.29, 1.82) is 0 Å². The molecule has 0 aliphatic carbocycles. The highest BCUT2D eigenvalue weighted by Gasteiger charge is 2.03. The van der Waals surface area contributed by atoms with Gasteiger partial charge in [0.25, 0.3) is 0 Å². The molecular formula is C12H17NO. The number of nitrogens with zero attached hydrogens (tertiary/aromatic N) is 1. The van der Waals surface area contributed by atoms with Gasteiger partial charge in [-0.2, -0.15) is 0 Å². The SMILES string of the molecule is Cc1ccc(CCC=O)c(N(C)C)c1. The van der Waals surface area contributed by atoms with Gasteiger partial charge in [-0.1, -0.05) is 12.1 Å². The van der Waals surface area contributed by atoms with E-state index in [4.69, 9.17) is 0 Å². The topological polar surface area (TPSA) is 20.3 Å². The van der Waals surface area contributed by atoms with E-state index in [1.807, 2.05) is 14.1 Å². The van der Waals surface area contributed by atoms with Gasteiger partial charge in [0, 0.05) is 26.2 Å². The lowest BCUT2D eigenvalue weighted by molar-refractivity contribution is -0.107. The molecular weight excluding hydrogens is 174 g/mol. The molecule has 0 radical (unpaired) electrons. The van der Waals surface area contributed by atoms with Gasteiger partial charge in [0.05, 0.1) is 0 Å². The maximum absolute atomic E-state index is 10.3. The molecule has 0 bridgehead atoms. The van der Waals surface area contributed by atoms with Crippen LogP contribution in [0.3, 0.4) is 0 Å². The van der Waals surface area contributed by atoms with Crippen molar-refractivity contribution in [3.05, 3.63) is 29.3 Å². The van der Waals surface area contributed by atoms with Crippen LogP contribution in [0.25, 0.3) is 0 Å². The summed E-state index contributed by atoms with van der Waals surface area (Å²) in [5, 5.41) is 0. The summed E-state index contributed by atoms with van der Waals surface area (Å²) >= 11 is 0. The Morgan fingerprint density at radius 3 is 2.64 bits per heavy atom. The van der Waals surface area contributed by atoms with E-state index >= 15 is 0 Å². The van der Waals surface area contributed by atoms with Crippen molar-refractivity contribution in [2.24, 2.45) is 0 Å². The predicted molar refractivity (Wildman–Crippen MR) is 59.9 cm³/mol. The Labute approximate surface area is 85.5 Å². The van der Waals surface area contributed by atoms with Crippen LogP contribution in [0.15, 0.2) is 18.2 Å². The van der Waals surface area contributed by atoms with E-state index < -0.39 is 0 Å². The van der Waals surface area contributed by atoms with Crippen molar-refractivity contribution in [3.8, 4) is 0 Å². The summed E-state index contributed by atoms with van der Waals surface area (Å²) in [7, 11) is 4.05. The molecule has 0 unspecified atom stereocenters. The lowest BCUT2D eigenvalue weighted by Crippen LogP contribution is -2.11. The zero-order valence-corrected chi connectivity index (χ0v) is 9.08. The number of carbonyl (C=O) groups excluding carboxylic acids is 1. The van der Waals surface area contributed by atoms with Crippen molar-refractivity contribution in [2.45, 2.75) is 19.8 Å². The van der Waals surface area contributed by atoms with Crippen LogP contribution in [-0.2, 0) is 11.2 Å². The first-order valence-electron chi connectivity index (χ1n) is 4.85. The lowest BCUT2D eigenvalue weighted by atomic mass is 10.0. The fraction of sp³-hybridized carbons (Fsp3) is 0.417. The molecule has 0 aromatic heterocycles. The van der Waals surface area contributed by atoms with E-state index in [0.29, 0.717) is 6.42 Å². The second-order valence-electron chi connectivity index (χ2n) is 3.73. The molecule has 0 N–H and O–H groups in total. The minimum absolute atomic E-state index is 0.601. The third-order valence-electron chi connectivity index (χ3n) is 2.25. The minimum Gasteiger partial charge on any atom is -0.377 e. The first kappa shape index (κ1) is 10.8. The summed E-state index contributed by atoms with van der Waals surface area (Å²) in [6.45, 7) is 2.08. The molecule has 0 aliphatic rings. The fourth-order valence-electron chi connectivity index (χ4n) is 1.52. The van der Waals surface area contributed by atoms with Crippen molar-refractivity contribution in [3.63, 3.8) is 0 Å². The predicted octanol–water partition coefficient (Wildman–Crippen LogP) is 2.19. The number of rotatable bonds is 4. The number of aryl methyl sites for hydroxylation is 2. The first-order valence-corrected chi connectivity index (χ1v) is 4.85. The summed E-state index contributed by atoms with van der Waals surface area (Å²) in [6.07, 6.45) is 2.40. The number of anilines is 1. The van der Waals surface area contributed by atoms with E-state index in [-0.39, 0.29) is 0 Å². The molecule has 2 nitrogen and oxygen atoms in total. The molecule has 0 saturated heterocycles. The lowest BCUT2D eigenvalue weighted by Gasteiger charge is -2.17. The van der Waals surface area contributed by atoms with Gasteiger partial charge in [0.1, 0.15) is 6.29 Å². The summed E-state index contributed by atoms with van der Waals surface area (Å²) in [5.41, 5.74) is 3.71. The van der Waals surface area contributed by atoms with Gasteiger partial charge in [-0.3, -0.25) is 0 Å². The molecule has 0 fully saturated rings. The maximum atomic E-state index is 10.3. The fourth-order valence-corrected chi connectivity index (χ4v) is 1.52. The zero-order chi connectivity index (χ0) is 10.6. The number of hydrogen-bond donors (Lipinski definition) is 0. The quantitative estimate of drug-likeness (QED) is 0.680.